The molecule has 0 bridgehead atoms. The lowest BCUT2D eigenvalue weighted by Crippen LogP contribution is -2.42. The molecule has 0 spiro atoms. The number of benzene rings is 2. The summed E-state index contributed by atoms with van der Waals surface area (Å²) in [6, 6.07) is 22.9. The Balaban J connectivity index is 1.57. The van der Waals surface area contributed by atoms with Crippen LogP contribution in [0.2, 0.25) is 0 Å². The van der Waals surface area contributed by atoms with E-state index in [4.69, 9.17) is 9.84 Å². The number of rotatable bonds is 9. The van der Waals surface area contributed by atoms with Gasteiger partial charge in [-0.1, -0.05) is 38.1 Å². The summed E-state index contributed by atoms with van der Waals surface area (Å²) in [5.41, 5.74) is 4.22. The SMILES string of the molecule is CC1=C(C#N)C(=O)N(Cc2cccnc2)C(=O)/C1=C/c1cn(-c2ccccc2)nc1-c1ccc(OCCC(C)C)cc1. The number of nitriles is 1. The van der Waals surface area contributed by atoms with Crippen LogP contribution in [0.4, 0.5) is 0 Å². The third-order valence-corrected chi connectivity index (χ3v) is 7.04. The quantitative estimate of drug-likeness (QED) is 0.181. The van der Waals surface area contributed by atoms with Crippen molar-refractivity contribution in [2.24, 2.45) is 5.92 Å². The summed E-state index contributed by atoms with van der Waals surface area (Å²) < 4.78 is 7.65. The van der Waals surface area contributed by atoms with Crippen molar-refractivity contribution < 1.29 is 14.3 Å². The second-order valence-electron chi connectivity index (χ2n) is 10.5. The number of aromatic nitrogens is 3. The van der Waals surface area contributed by atoms with E-state index in [2.05, 4.69) is 18.8 Å². The Kier molecular flexibility index (Phi) is 8.39. The van der Waals surface area contributed by atoms with Gasteiger partial charge >= 0.3 is 0 Å². The molecule has 42 heavy (non-hydrogen) atoms. The Hall–Kier alpha value is -5.29. The molecule has 1 aliphatic heterocycles. The molecule has 0 fully saturated rings. The zero-order valence-electron chi connectivity index (χ0n) is 23.8. The van der Waals surface area contributed by atoms with Crippen molar-refractivity contribution in [3.05, 3.63) is 113 Å². The number of nitrogens with zero attached hydrogens (tertiary/aromatic N) is 5. The van der Waals surface area contributed by atoms with Crippen LogP contribution in [0.5, 0.6) is 5.75 Å². The molecule has 0 saturated carbocycles. The number of imide groups is 1. The second-order valence-corrected chi connectivity index (χ2v) is 10.5. The van der Waals surface area contributed by atoms with Crippen LogP contribution in [0.25, 0.3) is 23.0 Å². The topological polar surface area (TPSA) is 101 Å². The fourth-order valence-electron chi connectivity index (χ4n) is 4.65. The first-order valence-corrected chi connectivity index (χ1v) is 13.8. The maximum Gasteiger partial charge on any atom is 0.271 e. The lowest BCUT2D eigenvalue weighted by Gasteiger charge is -2.27. The summed E-state index contributed by atoms with van der Waals surface area (Å²) in [4.78, 5) is 32.1. The van der Waals surface area contributed by atoms with E-state index in [0.717, 1.165) is 28.3 Å². The summed E-state index contributed by atoms with van der Waals surface area (Å²) in [7, 11) is 0. The smallest absolute Gasteiger partial charge is 0.271 e. The predicted octanol–water partition coefficient (Wildman–Crippen LogP) is 6.15. The lowest BCUT2D eigenvalue weighted by atomic mass is 9.93. The molecule has 0 atom stereocenters. The first-order chi connectivity index (χ1) is 20.4. The number of carbonyl (C=O) groups excluding carboxylic acids is 2. The Morgan fingerprint density at radius 3 is 2.43 bits per heavy atom. The van der Waals surface area contributed by atoms with Crippen LogP contribution in [0, 0.1) is 17.2 Å². The molecule has 0 aliphatic carbocycles. The van der Waals surface area contributed by atoms with Gasteiger partial charge in [0.2, 0.25) is 0 Å². The van der Waals surface area contributed by atoms with Crippen LogP contribution in [0.15, 0.2) is 102 Å². The molecule has 3 heterocycles. The minimum Gasteiger partial charge on any atom is -0.494 e. The molecule has 4 aromatic rings. The molecule has 0 saturated heterocycles. The molecule has 8 heteroatoms. The molecule has 2 amide bonds. The Morgan fingerprint density at radius 1 is 1.00 bits per heavy atom. The predicted molar refractivity (Wildman–Crippen MR) is 160 cm³/mol. The van der Waals surface area contributed by atoms with Crippen LogP contribution in [-0.2, 0) is 16.1 Å². The normalized spacial score (nSPS) is 14.5. The molecule has 0 radical (unpaired) electrons. The van der Waals surface area contributed by atoms with Crippen molar-refractivity contribution in [1.82, 2.24) is 19.7 Å². The van der Waals surface area contributed by atoms with Gasteiger partial charge < -0.3 is 4.74 Å². The van der Waals surface area contributed by atoms with Gasteiger partial charge in [0.1, 0.15) is 17.4 Å². The highest BCUT2D eigenvalue weighted by atomic mass is 16.5. The van der Waals surface area contributed by atoms with Crippen molar-refractivity contribution in [1.29, 1.82) is 5.26 Å². The van der Waals surface area contributed by atoms with E-state index < -0.39 is 11.8 Å². The average Bonchev–Trinajstić information content (AvgIpc) is 3.43. The molecular formula is C34H31N5O3. The van der Waals surface area contributed by atoms with Crippen LogP contribution < -0.4 is 4.74 Å². The zero-order valence-corrected chi connectivity index (χ0v) is 23.8. The molecule has 5 rings (SSSR count). The molecule has 8 nitrogen and oxygen atoms in total. The van der Waals surface area contributed by atoms with Gasteiger partial charge in [0.15, 0.2) is 0 Å². The van der Waals surface area contributed by atoms with Crippen molar-refractivity contribution >= 4 is 17.9 Å². The van der Waals surface area contributed by atoms with Gasteiger partial charge in [0, 0.05) is 35.3 Å². The number of amides is 2. The molecule has 2 aromatic carbocycles. The van der Waals surface area contributed by atoms with Gasteiger partial charge in [0.25, 0.3) is 11.8 Å². The van der Waals surface area contributed by atoms with E-state index in [1.165, 1.54) is 0 Å². The number of carbonyl (C=O) groups is 2. The zero-order chi connectivity index (χ0) is 29.6. The third-order valence-electron chi connectivity index (χ3n) is 7.04. The molecule has 0 N–H and O–H groups in total. The first kappa shape index (κ1) is 28.2. The minimum absolute atomic E-state index is 0.00964. The molecule has 0 unspecified atom stereocenters. The lowest BCUT2D eigenvalue weighted by molar-refractivity contribution is -0.141. The number of ether oxygens (including phenoxy) is 1. The molecule has 210 valence electrons. The Bertz CT molecular complexity index is 1700. The average molecular weight is 558 g/mol. The summed E-state index contributed by atoms with van der Waals surface area (Å²) >= 11 is 0. The largest absolute Gasteiger partial charge is 0.494 e. The van der Waals surface area contributed by atoms with Crippen molar-refractivity contribution in [2.45, 2.75) is 33.7 Å². The van der Waals surface area contributed by atoms with Gasteiger partial charge in [-0.2, -0.15) is 10.4 Å². The summed E-state index contributed by atoms with van der Waals surface area (Å²) in [6.07, 6.45) is 7.74. The summed E-state index contributed by atoms with van der Waals surface area (Å²) in [6.45, 7) is 6.60. The Morgan fingerprint density at radius 2 is 1.76 bits per heavy atom. The fraction of sp³-hybridized carbons (Fsp3) is 0.206. The van der Waals surface area contributed by atoms with E-state index in [-0.39, 0.29) is 17.7 Å². The standard InChI is InChI=1S/C34H31N5O3/c1-23(2)15-17-42-29-13-11-26(12-14-29)32-27(22-39(37-32)28-9-5-4-6-10-28)18-30-24(3)31(19-35)34(41)38(33(30)40)21-25-8-7-16-36-20-25/h4-14,16,18,20,22-23H,15,17,21H2,1-3H3/b30-18+. The van der Waals surface area contributed by atoms with Crippen molar-refractivity contribution in [3.63, 3.8) is 0 Å². The maximum atomic E-state index is 13.8. The highest BCUT2D eigenvalue weighted by Gasteiger charge is 2.35. The third kappa shape index (κ3) is 6.06. The van der Waals surface area contributed by atoms with Gasteiger partial charge in [-0.15, -0.1) is 0 Å². The van der Waals surface area contributed by atoms with E-state index in [1.807, 2.05) is 66.9 Å². The number of hydrogen-bond acceptors (Lipinski definition) is 6. The fourth-order valence-corrected chi connectivity index (χ4v) is 4.65. The van der Waals surface area contributed by atoms with E-state index in [9.17, 15) is 14.9 Å². The van der Waals surface area contributed by atoms with Crippen LogP contribution >= 0.6 is 0 Å². The minimum atomic E-state index is -0.616. The molecule has 2 aromatic heterocycles. The van der Waals surface area contributed by atoms with E-state index in [0.29, 0.717) is 34.9 Å². The number of para-hydroxylation sites is 1. The summed E-state index contributed by atoms with van der Waals surface area (Å²) in [5.74, 6) is 0.229. The monoisotopic (exact) mass is 557 g/mol. The van der Waals surface area contributed by atoms with Gasteiger partial charge in [-0.05, 0) is 78.9 Å². The highest BCUT2D eigenvalue weighted by Crippen LogP contribution is 2.32. The van der Waals surface area contributed by atoms with E-state index >= 15 is 0 Å². The van der Waals surface area contributed by atoms with Crippen molar-refractivity contribution in [3.8, 4) is 28.8 Å². The van der Waals surface area contributed by atoms with Crippen molar-refractivity contribution in [2.75, 3.05) is 6.61 Å². The number of hydrogen-bond donors (Lipinski definition) is 0. The molecule has 1 aliphatic rings. The van der Waals surface area contributed by atoms with Gasteiger partial charge in [0.05, 0.1) is 24.5 Å². The summed E-state index contributed by atoms with van der Waals surface area (Å²) in [5, 5.41) is 14.7. The molecular weight excluding hydrogens is 526 g/mol. The second kappa shape index (κ2) is 12.5. The Labute approximate surface area is 245 Å². The van der Waals surface area contributed by atoms with Gasteiger partial charge in [-0.25, -0.2) is 4.68 Å². The van der Waals surface area contributed by atoms with Crippen LogP contribution in [0.3, 0.4) is 0 Å². The van der Waals surface area contributed by atoms with Crippen LogP contribution in [0.1, 0.15) is 38.3 Å². The number of pyridine rings is 1. The maximum absolute atomic E-state index is 13.8. The first-order valence-electron chi connectivity index (χ1n) is 13.8. The van der Waals surface area contributed by atoms with Gasteiger partial charge in [-0.3, -0.25) is 19.5 Å². The van der Waals surface area contributed by atoms with E-state index in [1.54, 1.807) is 42.2 Å². The highest BCUT2D eigenvalue weighted by molar-refractivity contribution is 6.19. The van der Waals surface area contributed by atoms with Crippen LogP contribution in [-0.4, -0.2) is 38.1 Å².